The third-order valence-electron chi connectivity index (χ3n) is 4.07. The van der Waals surface area contributed by atoms with Crippen molar-refractivity contribution in [3.05, 3.63) is 59.0 Å². The lowest BCUT2D eigenvalue weighted by Gasteiger charge is -2.20. The number of sulfone groups is 1. The van der Waals surface area contributed by atoms with Crippen molar-refractivity contribution < 1.29 is 21.6 Å². The van der Waals surface area contributed by atoms with Crippen LogP contribution < -0.4 is 0 Å². The van der Waals surface area contributed by atoms with Crippen molar-refractivity contribution >= 4 is 26.8 Å². The maximum Gasteiger partial charge on any atom is 0.417 e. The molecule has 0 bridgehead atoms. The quantitative estimate of drug-likeness (QED) is 0.727. The second-order valence-electron chi connectivity index (χ2n) is 6.02. The lowest BCUT2D eigenvalue weighted by Crippen LogP contribution is -2.19. The Balaban J connectivity index is 2.16. The van der Waals surface area contributed by atoms with Crippen molar-refractivity contribution in [3.8, 4) is 0 Å². The minimum atomic E-state index is -4.73. The summed E-state index contributed by atoms with van der Waals surface area (Å²) < 4.78 is 65.2. The summed E-state index contributed by atoms with van der Waals surface area (Å²) >= 11 is 0. The van der Waals surface area contributed by atoms with Gasteiger partial charge in [-0.3, -0.25) is 0 Å². The fourth-order valence-electron chi connectivity index (χ4n) is 2.70. The largest absolute Gasteiger partial charge is 0.417 e. The number of halogens is 3. The van der Waals surface area contributed by atoms with Gasteiger partial charge in [-0.1, -0.05) is 18.2 Å². The molecule has 0 fully saturated rings. The molecule has 0 radical (unpaired) electrons. The zero-order valence-corrected chi connectivity index (χ0v) is 15.3. The number of fused-ring (bicyclic) bond motifs is 1. The van der Waals surface area contributed by atoms with E-state index >= 15 is 0 Å². The van der Waals surface area contributed by atoms with Crippen LogP contribution in [-0.2, 0) is 16.0 Å². The first-order valence-corrected chi connectivity index (χ1v) is 10.6. The van der Waals surface area contributed by atoms with Crippen LogP contribution in [-0.4, -0.2) is 13.7 Å². The highest BCUT2D eigenvalue weighted by Crippen LogP contribution is 2.53. The van der Waals surface area contributed by atoms with Crippen molar-refractivity contribution in [1.29, 1.82) is 0 Å². The van der Waals surface area contributed by atoms with E-state index in [4.69, 9.17) is 0 Å². The normalized spacial score (nSPS) is 18.6. The standard InChI is InChI=1S/C18H17F3O2S2/c1-12(2)25(22,23)17-8-7-14(11-15(17)18(19,20)21)24-10-9-13-5-3-4-6-16(13)24/h3-12,24H,1-2H3. The molecule has 1 unspecified atom stereocenters. The number of alkyl halides is 3. The summed E-state index contributed by atoms with van der Waals surface area (Å²) in [5, 5.41) is 0.976. The van der Waals surface area contributed by atoms with Crippen molar-refractivity contribution in [2.45, 2.75) is 40.0 Å². The van der Waals surface area contributed by atoms with Crippen molar-refractivity contribution in [2.75, 3.05) is 0 Å². The summed E-state index contributed by atoms with van der Waals surface area (Å²) in [5.41, 5.74) is -0.0972. The minimum Gasteiger partial charge on any atom is -0.223 e. The van der Waals surface area contributed by atoms with Crippen molar-refractivity contribution in [2.24, 2.45) is 0 Å². The molecular formula is C18H17F3O2S2. The van der Waals surface area contributed by atoms with Gasteiger partial charge in [0.25, 0.3) is 0 Å². The van der Waals surface area contributed by atoms with Crippen molar-refractivity contribution in [3.63, 3.8) is 0 Å². The van der Waals surface area contributed by atoms with Gasteiger partial charge >= 0.3 is 6.18 Å². The molecule has 0 N–H and O–H groups in total. The lowest BCUT2D eigenvalue weighted by molar-refractivity contribution is -0.140. The Bertz CT molecular complexity index is 945. The van der Waals surface area contributed by atoms with Gasteiger partial charge in [0, 0.05) is 4.90 Å². The Morgan fingerprint density at radius 1 is 1.04 bits per heavy atom. The molecule has 0 saturated carbocycles. The van der Waals surface area contributed by atoms with E-state index in [0.29, 0.717) is 4.90 Å². The van der Waals surface area contributed by atoms with Gasteiger partial charge in [-0.2, -0.15) is 24.1 Å². The summed E-state index contributed by atoms with van der Waals surface area (Å²) in [6.45, 7) is 2.76. The second-order valence-corrected chi connectivity index (χ2v) is 10.5. The first-order chi connectivity index (χ1) is 11.6. The molecule has 2 aromatic rings. The molecular weight excluding hydrogens is 369 g/mol. The third kappa shape index (κ3) is 3.22. The molecule has 1 aliphatic heterocycles. The average Bonchev–Trinajstić information content (AvgIpc) is 2.97. The number of rotatable bonds is 3. The average molecular weight is 386 g/mol. The van der Waals surface area contributed by atoms with Gasteiger partial charge in [0.1, 0.15) is 0 Å². The fraction of sp³-hybridized carbons (Fsp3) is 0.222. The van der Waals surface area contributed by atoms with E-state index < -0.39 is 42.6 Å². The number of hydrogen-bond acceptors (Lipinski definition) is 2. The van der Waals surface area contributed by atoms with Crippen LogP contribution in [0.3, 0.4) is 0 Å². The third-order valence-corrected chi connectivity index (χ3v) is 8.49. The number of thiol groups is 1. The van der Waals surface area contributed by atoms with E-state index in [-0.39, 0.29) is 0 Å². The molecule has 134 valence electrons. The highest BCUT2D eigenvalue weighted by atomic mass is 32.2. The van der Waals surface area contributed by atoms with Gasteiger partial charge in [-0.25, -0.2) is 8.42 Å². The molecule has 25 heavy (non-hydrogen) atoms. The Morgan fingerprint density at radius 2 is 1.72 bits per heavy atom. The Labute approximate surface area is 147 Å². The molecule has 3 rings (SSSR count). The predicted molar refractivity (Wildman–Crippen MR) is 94.8 cm³/mol. The molecule has 0 aromatic heterocycles. The molecule has 1 heterocycles. The van der Waals surface area contributed by atoms with Gasteiger partial charge in [0.15, 0.2) is 9.84 Å². The summed E-state index contributed by atoms with van der Waals surface area (Å²) in [6.07, 6.45) is -2.83. The zero-order chi connectivity index (χ0) is 18.4. The summed E-state index contributed by atoms with van der Waals surface area (Å²) in [7, 11) is -5.08. The molecule has 1 atom stereocenters. The van der Waals surface area contributed by atoms with Crippen molar-refractivity contribution in [1.82, 2.24) is 0 Å². The maximum absolute atomic E-state index is 13.5. The van der Waals surface area contributed by atoms with Gasteiger partial charge < -0.3 is 0 Å². The lowest BCUT2D eigenvalue weighted by atomic mass is 10.2. The highest BCUT2D eigenvalue weighted by molar-refractivity contribution is 8.20. The van der Waals surface area contributed by atoms with E-state index in [2.05, 4.69) is 0 Å². The topological polar surface area (TPSA) is 34.1 Å². The molecule has 2 nitrogen and oxygen atoms in total. The molecule has 0 aliphatic carbocycles. The smallest absolute Gasteiger partial charge is 0.223 e. The van der Waals surface area contributed by atoms with Crippen LogP contribution >= 0.6 is 10.9 Å². The molecule has 0 spiro atoms. The molecule has 1 aliphatic rings. The van der Waals surface area contributed by atoms with E-state index in [1.54, 1.807) is 0 Å². The van der Waals surface area contributed by atoms with Gasteiger partial charge in [-0.05, 0) is 60.1 Å². The molecule has 0 saturated heterocycles. The van der Waals surface area contributed by atoms with Crippen LogP contribution in [0.25, 0.3) is 6.08 Å². The first-order valence-electron chi connectivity index (χ1n) is 7.64. The predicted octanol–water partition coefficient (Wildman–Crippen LogP) is 5.29. The van der Waals surface area contributed by atoms with E-state index in [1.807, 2.05) is 35.7 Å². The van der Waals surface area contributed by atoms with Crippen LogP contribution in [0.1, 0.15) is 25.0 Å². The maximum atomic E-state index is 13.5. The second kappa shape index (κ2) is 6.21. The van der Waals surface area contributed by atoms with Crippen LogP contribution in [0, 0.1) is 0 Å². The fourth-order valence-corrected chi connectivity index (χ4v) is 6.04. The van der Waals surface area contributed by atoms with Crippen LogP contribution in [0.4, 0.5) is 13.2 Å². The monoisotopic (exact) mass is 386 g/mol. The van der Waals surface area contributed by atoms with E-state index in [1.165, 1.54) is 19.9 Å². The van der Waals surface area contributed by atoms with Gasteiger partial charge in [0.2, 0.25) is 0 Å². The number of benzene rings is 2. The van der Waals surface area contributed by atoms with Crippen LogP contribution in [0.2, 0.25) is 0 Å². The van der Waals surface area contributed by atoms with E-state index in [0.717, 1.165) is 22.6 Å². The number of hydrogen-bond donors (Lipinski definition) is 1. The molecule has 7 heteroatoms. The Morgan fingerprint density at radius 3 is 2.36 bits per heavy atom. The van der Waals surface area contributed by atoms with Crippen LogP contribution in [0.15, 0.2) is 62.6 Å². The molecule has 2 aromatic carbocycles. The summed E-state index contributed by atoms with van der Waals surface area (Å²) in [4.78, 5) is 0.821. The summed E-state index contributed by atoms with van der Waals surface area (Å²) in [5.74, 6) is 0. The first kappa shape index (κ1) is 18.1. The summed E-state index contributed by atoms with van der Waals surface area (Å²) in [6, 6.07) is 11.1. The highest BCUT2D eigenvalue weighted by Gasteiger charge is 2.38. The van der Waals surface area contributed by atoms with Crippen LogP contribution in [0.5, 0.6) is 0 Å². The van der Waals surface area contributed by atoms with Gasteiger partial charge in [-0.15, -0.1) is 0 Å². The Kier molecular flexibility index (Phi) is 4.49. The SMILES string of the molecule is CC(C)S(=O)(=O)c1ccc([SH]2C=Cc3ccccc32)cc1C(F)(F)F. The van der Waals surface area contributed by atoms with E-state index in [9.17, 15) is 21.6 Å². The Hall–Kier alpha value is -1.73. The zero-order valence-electron chi connectivity index (χ0n) is 13.6. The van der Waals surface area contributed by atoms with Gasteiger partial charge in [0.05, 0.1) is 15.7 Å². The molecule has 0 amide bonds. The minimum absolute atomic E-state index is 0.492.